The molecule has 11 aromatic carbocycles. The van der Waals surface area contributed by atoms with Gasteiger partial charge in [-0.05, 0) is 152 Å². The van der Waals surface area contributed by atoms with Crippen molar-refractivity contribution >= 4 is 111 Å². The number of fused-ring (bicyclic) bond motifs is 10. The quantitative estimate of drug-likeness (QED) is 0.133. The number of hydrogen-bond donors (Lipinski definition) is 0. The van der Waals surface area contributed by atoms with Gasteiger partial charge >= 0.3 is 0 Å². The zero-order valence-corrected chi connectivity index (χ0v) is 49.3. The molecule has 0 N–H and O–H groups in total. The monoisotopic (exact) mass is 1090 g/mol. The molecule has 0 amide bonds. The number of thiophene rings is 1. The Kier molecular flexibility index (Phi) is 12.1. The first-order valence-corrected chi connectivity index (χ1v) is 30.6. The molecular weight excluding hydrogens is 1020 g/mol. The minimum absolute atomic E-state index is 0.124. The molecule has 0 fully saturated rings. The number of anilines is 6. The van der Waals surface area contributed by atoms with Crippen molar-refractivity contribution in [2.75, 3.05) is 9.80 Å². The van der Waals surface area contributed by atoms with E-state index in [9.17, 15) is 0 Å². The fourth-order valence-electron chi connectivity index (χ4n) is 13.6. The molecule has 2 aliphatic heterocycles. The first kappa shape index (κ1) is 51.0. The van der Waals surface area contributed by atoms with Crippen LogP contribution in [0.2, 0.25) is 0 Å². The zero-order valence-electron chi connectivity index (χ0n) is 48.5. The fraction of sp³-hybridized carbons (Fsp3) is 0.154. The molecular formula is C78H66BN3S. The Morgan fingerprint density at radius 2 is 0.952 bits per heavy atom. The van der Waals surface area contributed by atoms with Gasteiger partial charge in [-0.2, -0.15) is 0 Å². The Balaban J connectivity index is 1.12. The van der Waals surface area contributed by atoms with Gasteiger partial charge in [0.15, 0.2) is 0 Å². The van der Waals surface area contributed by atoms with E-state index in [1.807, 2.05) is 11.3 Å². The molecule has 402 valence electrons. The average molecular weight is 1090 g/mol. The molecule has 4 heterocycles. The van der Waals surface area contributed by atoms with E-state index >= 15 is 0 Å². The highest BCUT2D eigenvalue weighted by Crippen LogP contribution is 2.54. The van der Waals surface area contributed by atoms with Gasteiger partial charge in [-0.25, -0.2) is 0 Å². The molecule has 0 bridgehead atoms. The molecule has 0 saturated carbocycles. The second-order valence-electron chi connectivity index (χ2n) is 25.1. The number of aromatic nitrogens is 1. The van der Waals surface area contributed by atoms with Crippen molar-refractivity contribution in [1.82, 2.24) is 4.57 Å². The SMILES string of the molecule is CCCCc1cc2sc3ccccc3c2cc1N1c2cc(-n3c4ccccc4c4ccccc43)ccc2B2c3cc(-c4ccccc4)ccc3N(c3c(-c4ccccc4)cc(C(C)(C)C)cc3-c3ccccc3)c3cc(C(C)(C)C)cc1c32. The maximum absolute atomic E-state index is 2.73. The van der Waals surface area contributed by atoms with Crippen LogP contribution >= 0.6 is 11.3 Å². The van der Waals surface area contributed by atoms with Gasteiger partial charge in [0, 0.05) is 76.2 Å². The summed E-state index contributed by atoms with van der Waals surface area (Å²) in [7, 11) is 0. The predicted molar refractivity (Wildman–Crippen MR) is 360 cm³/mol. The van der Waals surface area contributed by atoms with Gasteiger partial charge in [0.2, 0.25) is 0 Å². The minimum atomic E-state index is -0.222. The van der Waals surface area contributed by atoms with Crippen molar-refractivity contribution in [3.05, 3.63) is 253 Å². The lowest BCUT2D eigenvalue weighted by Gasteiger charge is -2.46. The lowest BCUT2D eigenvalue weighted by molar-refractivity contribution is 0.590. The van der Waals surface area contributed by atoms with E-state index in [1.165, 1.54) is 143 Å². The van der Waals surface area contributed by atoms with E-state index in [1.54, 1.807) is 0 Å². The van der Waals surface area contributed by atoms with Crippen LogP contribution in [0.4, 0.5) is 34.1 Å². The Hall–Kier alpha value is -8.90. The standard InChI is InChI=1S/C78H66BN3S/c1-8-9-25-54-43-74-63(60-34-21-24-37-73(60)83-74)49-69(54)81-70-48-57(80-66-35-22-19-32-58(66)59-33-20-23-36-67(59)80)39-40-64(70)79-65-42-53(50-26-13-10-14-27-50)38-41-68(65)82(72-47-56(78(5,6)7)46-71(81)75(72)79)76-61(51-28-15-11-16-29-51)44-55(77(2,3)4)45-62(76)52-30-17-12-18-31-52/h10-24,26-49H,8-9,25H2,1-7H3. The molecule has 13 aromatic rings. The predicted octanol–water partition coefficient (Wildman–Crippen LogP) is 20.2. The number of unbranched alkanes of at least 4 members (excludes halogenated alkanes) is 1. The van der Waals surface area contributed by atoms with Crippen LogP contribution < -0.4 is 26.2 Å². The second-order valence-corrected chi connectivity index (χ2v) is 26.2. The molecule has 15 rings (SSSR count). The van der Waals surface area contributed by atoms with Gasteiger partial charge in [-0.1, -0.05) is 219 Å². The first-order chi connectivity index (χ1) is 40.4. The van der Waals surface area contributed by atoms with Gasteiger partial charge in [-0.15, -0.1) is 11.3 Å². The van der Waals surface area contributed by atoms with Crippen LogP contribution in [0.25, 0.3) is 81.0 Å². The van der Waals surface area contributed by atoms with E-state index in [-0.39, 0.29) is 17.5 Å². The summed E-state index contributed by atoms with van der Waals surface area (Å²) in [5.74, 6) is 0. The van der Waals surface area contributed by atoms with Crippen molar-refractivity contribution in [1.29, 1.82) is 0 Å². The average Bonchev–Trinajstić information content (AvgIpc) is 1.82. The smallest absolute Gasteiger partial charge is 0.252 e. The van der Waals surface area contributed by atoms with Crippen LogP contribution in [0.3, 0.4) is 0 Å². The van der Waals surface area contributed by atoms with Crippen molar-refractivity contribution in [2.45, 2.75) is 78.6 Å². The van der Waals surface area contributed by atoms with Crippen LogP contribution in [-0.4, -0.2) is 11.3 Å². The molecule has 3 nitrogen and oxygen atoms in total. The molecule has 2 aliphatic rings. The van der Waals surface area contributed by atoms with E-state index in [0.717, 1.165) is 24.9 Å². The topological polar surface area (TPSA) is 11.4 Å². The van der Waals surface area contributed by atoms with Gasteiger partial charge in [0.1, 0.15) is 0 Å². The van der Waals surface area contributed by atoms with Crippen LogP contribution in [0, 0.1) is 0 Å². The number of para-hydroxylation sites is 2. The molecule has 0 atom stereocenters. The maximum atomic E-state index is 2.73. The third-order valence-electron chi connectivity index (χ3n) is 17.9. The molecule has 2 aromatic heterocycles. The number of hydrogen-bond acceptors (Lipinski definition) is 3. The van der Waals surface area contributed by atoms with Crippen LogP contribution in [-0.2, 0) is 17.3 Å². The van der Waals surface area contributed by atoms with Crippen molar-refractivity contribution < 1.29 is 0 Å². The Morgan fingerprint density at radius 3 is 1.57 bits per heavy atom. The van der Waals surface area contributed by atoms with Crippen LogP contribution in [0.1, 0.15) is 78.0 Å². The molecule has 83 heavy (non-hydrogen) atoms. The van der Waals surface area contributed by atoms with Gasteiger partial charge < -0.3 is 14.4 Å². The van der Waals surface area contributed by atoms with E-state index in [2.05, 4.69) is 299 Å². The zero-order chi connectivity index (χ0) is 56.3. The molecule has 5 heteroatoms. The summed E-state index contributed by atoms with van der Waals surface area (Å²) in [5, 5.41) is 5.13. The van der Waals surface area contributed by atoms with Crippen molar-refractivity contribution in [3.8, 4) is 39.1 Å². The first-order valence-electron chi connectivity index (χ1n) is 29.8. The number of aryl methyl sites for hydroxylation is 1. The Morgan fingerprint density at radius 1 is 0.398 bits per heavy atom. The van der Waals surface area contributed by atoms with Crippen LogP contribution in [0.15, 0.2) is 237 Å². The van der Waals surface area contributed by atoms with Crippen molar-refractivity contribution in [3.63, 3.8) is 0 Å². The number of nitrogens with zero attached hydrogens (tertiary/aromatic N) is 3. The van der Waals surface area contributed by atoms with E-state index in [0.29, 0.717) is 0 Å². The minimum Gasteiger partial charge on any atom is -0.311 e. The third-order valence-corrected chi connectivity index (χ3v) is 19.0. The number of rotatable bonds is 9. The lowest BCUT2D eigenvalue weighted by Crippen LogP contribution is -2.61. The lowest BCUT2D eigenvalue weighted by atomic mass is 9.33. The second kappa shape index (κ2) is 19.6. The highest BCUT2D eigenvalue weighted by molar-refractivity contribution is 7.25. The summed E-state index contributed by atoms with van der Waals surface area (Å²) in [6.45, 7) is 16.4. The van der Waals surface area contributed by atoms with Gasteiger partial charge in [0.25, 0.3) is 6.71 Å². The molecule has 0 aliphatic carbocycles. The summed E-state index contributed by atoms with van der Waals surface area (Å²) < 4.78 is 5.17. The molecule has 0 spiro atoms. The largest absolute Gasteiger partial charge is 0.311 e. The van der Waals surface area contributed by atoms with E-state index in [4.69, 9.17) is 0 Å². The highest BCUT2D eigenvalue weighted by atomic mass is 32.1. The molecule has 0 saturated heterocycles. The fourth-order valence-corrected chi connectivity index (χ4v) is 14.8. The van der Waals surface area contributed by atoms with Gasteiger partial charge in [0.05, 0.1) is 16.7 Å². The van der Waals surface area contributed by atoms with Crippen LogP contribution in [0.5, 0.6) is 0 Å². The molecule has 0 radical (unpaired) electrons. The molecule has 0 unspecified atom stereocenters. The Labute approximate surface area is 492 Å². The highest BCUT2D eigenvalue weighted by Gasteiger charge is 2.46. The van der Waals surface area contributed by atoms with Gasteiger partial charge in [-0.3, -0.25) is 0 Å². The summed E-state index contributed by atoms with van der Waals surface area (Å²) >= 11 is 1.92. The summed E-state index contributed by atoms with van der Waals surface area (Å²) in [6.07, 6.45) is 3.16. The summed E-state index contributed by atoms with van der Waals surface area (Å²) in [5.41, 5.74) is 25.6. The normalized spacial score (nSPS) is 13.1. The van der Waals surface area contributed by atoms with E-state index < -0.39 is 0 Å². The summed E-state index contributed by atoms with van der Waals surface area (Å²) in [6, 6.07) is 90.3. The number of benzene rings is 11. The summed E-state index contributed by atoms with van der Waals surface area (Å²) in [4.78, 5) is 5.44. The maximum Gasteiger partial charge on any atom is 0.252 e. The Bertz CT molecular complexity index is 4580. The van der Waals surface area contributed by atoms with Crippen molar-refractivity contribution in [2.24, 2.45) is 0 Å². The third kappa shape index (κ3) is 8.37.